The first-order chi connectivity index (χ1) is 9.02. The number of halogens is 3. The molecule has 1 heterocycles. The molecule has 1 atom stereocenters. The third-order valence-corrected chi connectivity index (χ3v) is 4.89. The summed E-state index contributed by atoms with van der Waals surface area (Å²) in [4.78, 5) is 6.93. The molecule has 1 aliphatic rings. The molecular formula is C13H15Cl3N2S. The van der Waals surface area contributed by atoms with E-state index in [4.69, 9.17) is 34.8 Å². The summed E-state index contributed by atoms with van der Waals surface area (Å²) in [5.41, 5.74) is 0.602. The highest BCUT2D eigenvalue weighted by molar-refractivity contribution is 8.14. The Kier molecular flexibility index (Phi) is 5.29. The highest BCUT2D eigenvalue weighted by atomic mass is 35.5. The molecule has 0 aliphatic carbocycles. The number of benzene rings is 1. The van der Waals surface area contributed by atoms with Crippen LogP contribution in [0.2, 0.25) is 15.1 Å². The summed E-state index contributed by atoms with van der Waals surface area (Å²) >= 11 is 20.0. The lowest BCUT2D eigenvalue weighted by Gasteiger charge is -2.24. The fraction of sp³-hybridized carbons (Fsp3) is 0.462. The zero-order chi connectivity index (χ0) is 14.0. The minimum Gasteiger partial charge on any atom is -0.348 e. The maximum Gasteiger partial charge on any atom is 0.164 e. The fourth-order valence-electron chi connectivity index (χ4n) is 1.88. The minimum atomic E-state index is 0.471. The van der Waals surface area contributed by atoms with Crippen molar-refractivity contribution in [3.63, 3.8) is 0 Å². The van der Waals surface area contributed by atoms with Crippen molar-refractivity contribution in [2.75, 3.05) is 12.3 Å². The van der Waals surface area contributed by atoms with Crippen LogP contribution in [0, 0.1) is 0 Å². The SMILES string of the molecule is CCC(C)N1CCSC1=Nc1c(Cl)cc(Cl)cc1Cl. The van der Waals surface area contributed by atoms with Crippen LogP contribution >= 0.6 is 46.6 Å². The van der Waals surface area contributed by atoms with E-state index in [1.165, 1.54) is 0 Å². The van der Waals surface area contributed by atoms with E-state index in [0.717, 1.165) is 23.9 Å². The van der Waals surface area contributed by atoms with Crippen molar-refractivity contribution in [3.05, 3.63) is 27.2 Å². The van der Waals surface area contributed by atoms with E-state index >= 15 is 0 Å². The first kappa shape index (κ1) is 15.3. The highest BCUT2D eigenvalue weighted by Gasteiger charge is 2.24. The van der Waals surface area contributed by atoms with Crippen LogP contribution in [0.15, 0.2) is 17.1 Å². The summed E-state index contributed by atoms with van der Waals surface area (Å²) in [5.74, 6) is 1.05. The average Bonchev–Trinajstić information content (AvgIpc) is 2.80. The Morgan fingerprint density at radius 3 is 2.53 bits per heavy atom. The zero-order valence-corrected chi connectivity index (χ0v) is 13.9. The standard InChI is InChI=1S/C13H15Cl3N2S/c1-3-8(2)18-4-5-19-13(18)17-12-10(15)6-9(14)7-11(12)16/h6-8H,3-5H2,1-2H3. The van der Waals surface area contributed by atoms with Crippen LogP contribution in [-0.4, -0.2) is 28.4 Å². The van der Waals surface area contributed by atoms with Gasteiger partial charge in [-0.25, -0.2) is 4.99 Å². The van der Waals surface area contributed by atoms with Crippen LogP contribution in [0.25, 0.3) is 0 Å². The molecule has 19 heavy (non-hydrogen) atoms. The lowest BCUT2D eigenvalue weighted by atomic mass is 10.2. The molecule has 0 radical (unpaired) electrons. The molecule has 1 aliphatic heterocycles. The zero-order valence-electron chi connectivity index (χ0n) is 10.8. The Morgan fingerprint density at radius 2 is 1.95 bits per heavy atom. The van der Waals surface area contributed by atoms with E-state index in [9.17, 15) is 0 Å². The molecule has 0 aromatic heterocycles. The molecule has 0 bridgehead atoms. The van der Waals surface area contributed by atoms with Crippen molar-refractivity contribution in [2.45, 2.75) is 26.3 Å². The lowest BCUT2D eigenvalue weighted by molar-refractivity contribution is 0.352. The second kappa shape index (κ2) is 6.57. The Hall–Kier alpha value is -0.0900. The molecule has 0 saturated carbocycles. The first-order valence-corrected chi connectivity index (χ1v) is 8.27. The summed E-state index contributed by atoms with van der Waals surface area (Å²) in [7, 11) is 0. The van der Waals surface area contributed by atoms with Gasteiger partial charge in [0.15, 0.2) is 5.17 Å². The van der Waals surface area contributed by atoms with Crippen molar-refractivity contribution in [1.29, 1.82) is 0 Å². The van der Waals surface area contributed by atoms with Gasteiger partial charge >= 0.3 is 0 Å². The maximum atomic E-state index is 6.17. The van der Waals surface area contributed by atoms with E-state index in [-0.39, 0.29) is 0 Å². The van der Waals surface area contributed by atoms with Crippen LogP contribution < -0.4 is 0 Å². The second-order valence-corrected chi connectivity index (χ2v) is 6.72. The average molecular weight is 338 g/mol. The van der Waals surface area contributed by atoms with Crippen LogP contribution in [0.4, 0.5) is 5.69 Å². The van der Waals surface area contributed by atoms with Crippen molar-refractivity contribution >= 4 is 57.4 Å². The van der Waals surface area contributed by atoms with Gasteiger partial charge in [-0.2, -0.15) is 0 Å². The molecular weight excluding hydrogens is 323 g/mol. The van der Waals surface area contributed by atoms with Crippen molar-refractivity contribution < 1.29 is 0 Å². The van der Waals surface area contributed by atoms with Crippen LogP contribution in [0.3, 0.4) is 0 Å². The fourth-order valence-corrected chi connectivity index (χ4v) is 3.84. The van der Waals surface area contributed by atoms with Crippen molar-refractivity contribution in [3.8, 4) is 0 Å². The van der Waals surface area contributed by atoms with Crippen LogP contribution in [0.1, 0.15) is 20.3 Å². The van der Waals surface area contributed by atoms with Crippen LogP contribution in [0.5, 0.6) is 0 Å². The normalized spacial score (nSPS) is 19.2. The smallest absolute Gasteiger partial charge is 0.164 e. The Labute approximate surface area is 133 Å². The number of hydrogen-bond donors (Lipinski definition) is 0. The highest BCUT2D eigenvalue weighted by Crippen LogP contribution is 2.37. The van der Waals surface area contributed by atoms with Gasteiger partial charge in [0.25, 0.3) is 0 Å². The quantitative estimate of drug-likeness (QED) is 0.725. The molecule has 0 amide bonds. The number of thioether (sulfide) groups is 1. The molecule has 104 valence electrons. The molecule has 6 heteroatoms. The van der Waals surface area contributed by atoms with Crippen molar-refractivity contribution in [1.82, 2.24) is 4.90 Å². The largest absolute Gasteiger partial charge is 0.348 e. The van der Waals surface area contributed by atoms with E-state index < -0.39 is 0 Å². The molecule has 1 unspecified atom stereocenters. The third-order valence-electron chi connectivity index (χ3n) is 3.12. The van der Waals surface area contributed by atoms with Gasteiger partial charge in [0.2, 0.25) is 0 Å². The summed E-state index contributed by atoms with van der Waals surface area (Å²) < 4.78 is 0. The number of amidine groups is 1. The molecule has 1 aromatic rings. The van der Waals surface area contributed by atoms with E-state index in [1.807, 2.05) is 0 Å². The van der Waals surface area contributed by atoms with Gasteiger partial charge in [-0.3, -0.25) is 0 Å². The van der Waals surface area contributed by atoms with Crippen LogP contribution in [-0.2, 0) is 0 Å². The molecule has 1 aromatic carbocycles. The summed E-state index contributed by atoms with van der Waals surface area (Å²) in [6.45, 7) is 5.39. The van der Waals surface area contributed by atoms with E-state index in [1.54, 1.807) is 23.9 Å². The van der Waals surface area contributed by atoms with Gasteiger partial charge in [0.05, 0.1) is 10.0 Å². The Balaban J connectivity index is 2.35. The van der Waals surface area contributed by atoms with Gasteiger partial charge in [-0.05, 0) is 25.5 Å². The second-order valence-electron chi connectivity index (χ2n) is 4.41. The third kappa shape index (κ3) is 3.52. The number of aliphatic imine (C=N–C) groups is 1. The molecule has 2 rings (SSSR count). The van der Waals surface area contributed by atoms with E-state index in [2.05, 4.69) is 23.7 Å². The van der Waals surface area contributed by atoms with Crippen molar-refractivity contribution in [2.24, 2.45) is 4.99 Å². The molecule has 2 nitrogen and oxygen atoms in total. The molecule has 1 fully saturated rings. The maximum absolute atomic E-state index is 6.17. The predicted octanol–water partition coefficient (Wildman–Crippen LogP) is 5.48. The Bertz CT molecular complexity index is 482. The number of rotatable bonds is 3. The van der Waals surface area contributed by atoms with Gasteiger partial charge in [-0.15, -0.1) is 0 Å². The summed E-state index contributed by atoms with van der Waals surface area (Å²) in [6.07, 6.45) is 1.08. The van der Waals surface area contributed by atoms with Gasteiger partial charge in [0.1, 0.15) is 5.69 Å². The monoisotopic (exact) mass is 336 g/mol. The van der Waals surface area contributed by atoms with E-state index in [0.29, 0.717) is 26.8 Å². The van der Waals surface area contributed by atoms with Gasteiger partial charge < -0.3 is 4.90 Å². The topological polar surface area (TPSA) is 15.6 Å². The Morgan fingerprint density at radius 1 is 1.32 bits per heavy atom. The first-order valence-electron chi connectivity index (χ1n) is 6.15. The number of nitrogens with zero attached hydrogens (tertiary/aromatic N) is 2. The molecule has 0 N–H and O–H groups in total. The minimum absolute atomic E-state index is 0.471. The van der Waals surface area contributed by atoms with Gasteiger partial charge in [0, 0.05) is 23.4 Å². The summed E-state index contributed by atoms with van der Waals surface area (Å²) in [6, 6.07) is 3.81. The van der Waals surface area contributed by atoms with Gasteiger partial charge in [-0.1, -0.05) is 53.5 Å². The molecule has 0 spiro atoms. The molecule has 1 saturated heterocycles. The number of hydrogen-bond acceptors (Lipinski definition) is 2. The predicted molar refractivity (Wildman–Crippen MR) is 87.5 cm³/mol. The lowest BCUT2D eigenvalue weighted by Crippen LogP contribution is -2.33. The summed E-state index contributed by atoms with van der Waals surface area (Å²) in [5, 5.41) is 2.49.